The van der Waals surface area contributed by atoms with Crippen molar-refractivity contribution in [3.8, 4) is 5.75 Å². The Hall–Kier alpha value is -1.02. The summed E-state index contributed by atoms with van der Waals surface area (Å²) in [5.41, 5.74) is 0.707. The van der Waals surface area contributed by atoms with Crippen LogP contribution < -0.4 is 0 Å². The van der Waals surface area contributed by atoms with Gasteiger partial charge in [0, 0.05) is 17.3 Å². The molecule has 98 valence electrons. The van der Waals surface area contributed by atoms with Gasteiger partial charge in [-0.3, -0.25) is 9.51 Å². The van der Waals surface area contributed by atoms with Crippen molar-refractivity contribution in [1.29, 1.82) is 0 Å². The number of aliphatic hydroxyl groups is 1. The van der Waals surface area contributed by atoms with Crippen LogP contribution in [0.2, 0.25) is 0 Å². The first-order valence-corrected chi connectivity index (χ1v) is 5.85. The Bertz CT molecular complexity index is 430. The number of aliphatic hydroxyl groups excluding tert-OH is 1. The largest absolute Gasteiger partial charge is 0.506 e. The number of rotatable bonds is 4. The minimum Gasteiger partial charge on any atom is -0.506 e. The zero-order valence-electron chi connectivity index (χ0n) is 8.99. The quantitative estimate of drug-likeness (QED) is 0.530. The monoisotopic (exact) mass is 267 g/mol. The van der Waals surface area contributed by atoms with Gasteiger partial charge in [0.05, 0.1) is 18.9 Å². The Morgan fingerprint density at radius 1 is 1.47 bits per heavy atom. The van der Waals surface area contributed by atoms with Crippen LogP contribution in [-0.2, 0) is 22.3 Å². The minimum absolute atomic E-state index is 0. The summed E-state index contributed by atoms with van der Waals surface area (Å²) in [4.78, 5) is 20.8. The Labute approximate surface area is 97.1 Å². The molecule has 0 bridgehead atoms. The number of phosphoric acid groups is 1. The van der Waals surface area contributed by atoms with Crippen molar-refractivity contribution in [3.05, 3.63) is 23.0 Å². The number of hydrogen-bond acceptors (Lipinski definition) is 5. The molecule has 9 heteroatoms. The van der Waals surface area contributed by atoms with E-state index in [9.17, 15) is 9.67 Å². The molecule has 0 spiro atoms. The third-order valence-electron chi connectivity index (χ3n) is 1.98. The number of nitrogens with zero attached hydrogens (tertiary/aromatic N) is 1. The van der Waals surface area contributed by atoms with E-state index in [1.807, 2.05) is 0 Å². The van der Waals surface area contributed by atoms with Gasteiger partial charge in [0.2, 0.25) is 0 Å². The van der Waals surface area contributed by atoms with Crippen molar-refractivity contribution in [3.63, 3.8) is 0 Å². The van der Waals surface area contributed by atoms with Gasteiger partial charge < -0.3 is 25.5 Å². The fourth-order valence-corrected chi connectivity index (χ4v) is 1.45. The number of aromatic nitrogens is 1. The smallest absolute Gasteiger partial charge is 0.469 e. The minimum atomic E-state index is -4.58. The molecule has 0 aliphatic carbocycles. The molecule has 0 aromatic carbocycles. The van der Waals surface area contributed by atoms with E-state index in [-0.39, 0.29) is 22.4 Å². The highest BCUT2D eigenvalue weighted by molar-refractivity contribution is 7.46. The molecule has 0 atom stereocenters. The van der Waals surface area contributed by atoms with Gasteiger partial charge in [0.15, 0.2) is 0 Å². The topological polar surface area (TPSA) is 152 Å². The molecule has 1 rings (SSSR count). The molecule has 6 N–H and O–H groups in total. The van der Waals surface area contributed by atoms with Crippen LogP contribution in [0.1, 0.15) is 16.8 Å². The van der Waals surface area contributed by atoms with Crippen LogP contribution in [0.3, 0.4) is 0 Å². The molecule has 0 aliphatic rings. The van der Waals surface area contributed by atoms with Gasteiger partial charge in [-0.2, -0.15) is 0 Å². The number of hydrogen-bond donors (Lipinski definition) is 4. The zero-order chi connectivity index (χ0) is 12.3. The highest BCUT2D eigenvalue weighted by Crippen LogP contribution is 2.37. The molecule has 0 unspecified atom stereocenters. The normalized spacial score (nSPS) is 11.1. The summed E-state index contributed by atoms with van der Waals surface area (Å²) in [6.07, 6.45) is 1.29. The van der Waals surface area contributed by atoms with Crippen LogP contribution in [0.4, 0.5) is 0 Å². The summed E-state index contributed by atoms with van der Waals surface area (Å²) in [6, 6.07) is 0. The van der Waals surface area contributed by atoms with Crippen LogP contribution >= 0.6 is 7.82 Å². The van der Waals surface area contributed by atoms with E-state index in [1.54, 1.807) is 6.92 Å². The van der Waals surface area contributed by atoms with E-state index >= 15 is 0 Å². The maximum Gasteiger partial charge on any atom is 0.469 e. The van der Waals surface area contributed by atoms with Gasteiger partial charge in [0.1, 0.15) is 5.75 Å². The van der Waals surface area contributed by atoms with Crippen LogP contribution in [-0.4, -0.2) is 30.5 Å². The van der Waals surface area contributed by atoms with Crippen molar-refractivity contribution < 1.29 is 34.6 Å². The molecule has 0 amide bonds. The van der Waals surface area contributed by atoms with E-state index in [2.05, 4.69) is 9.51 Å². The maximum absolute atomic E-state index is 10.5. The maximum atomic E-state index is 10.5. The first-order chi connectivity index (χ1) is 7.35. The predicted octanol–water partition coefficient (Wildman–Crippen LogP) is -0.627. The zero-order valence-corrected chi connectivity index (χ0v) is 9.89. The summed E-state index contributed by atoms with van der Waals surface area (Å²) in [7, 11) is -4.58. The molecule has 1 heterocycles. The standard InChI is InChI=1S/C8H12NO6P.H2O/c1-5-8(11)7(3-10)6(2-9-5)4-15-16(12,13)14;/h2,10-11H,3-4H2,1H3,(H2,12,13,14);1H2. The first-order valence-electron chi connectivity index (χ1n) is 4.32. The average molecular weight is 267 g/mol. The molecule has 0 saturated carbocycles. The second-order valence-corrected chi connectivity index (χ2v) is 4.36. The Balaban J connectivity index is 0.00000256. The second-order valence-electron chi connectivity index (χ2n) is 3.12. The third-order valence-corrected chi connectivity index (χ3v) is 2.44. The number of pyridine rings is 1. The summed E-state index contributed by atoms with van der Waals surface area (Å²) >= 11 is 0. The Morgan fingerprint density at radius 3 is 2.53 bits per heavy atom. The third kappa shape index (κ3) is 4.39. The van der Waals surface area contributed by atoms with Gasteiger partial charge in [-0.25, -0.2) is 4.57 Å². The lowest BCUT2D eigenvalue weighted by Crippen LogP contribution is -2.00. The van der Waals surface area contributed by atoms with Crippen LogP contribution in [0, 0.1) is 6.92 Å². The highest BCUT2D eigenvalue weighted by Gasteiger charge is 2.17. The van der Waals surface area contributed by atoms with E-state index < -0.39 is 21.0 Å². The van der Waals surface area contributed by atoms with Crippen molar-refractivity contribution in [2.75, 3.05) is 0 Å². The van der Waals surface area contributed by atoms with E-state index in [0.29, 0.717) is 5.69 Å². The highest BCUT2D eigenvalue weighted by atomic mass is 31.2. The summed E-state index contributed by atoms with van der Waals surface area (Å²) in [6.45, 7) is 0.651. The molecular weight excluding hydrogens is 253 g/mol. The predicted molar refractivity (Wildman–Crippen MR) is 57.0 cm³/mol. The molecule has 0 saturated heterocycles. The Morgan fingerprint density at radius 2 is 2.06 bits per heavy atom. The van der Waals surface area contributed by atoms with Crippen molar-refractivity contribution in [2.45, 2.75) is 20.1 Å². The van der Waals surface area contributed by atoms with E-state index in [4.69, 9.17) is 14.9 Å². The first kappa shape index (κ1) is 16.0. The van der Waals surface area contributed by atoms with E-state index in [1.165, 1.54) is 6.20 Å². The van der Waals surface area contributed by atoms with E-state index in [0.717, 1.165) is 0 Å². The van der Waals surface area contributed by atoms with Crippen molar-refractivity contribution >= 4 is 7.82 Å². The van der Waals surface area contributed by atoms with Gasteiger partial charge in [0.25, 0.3) is 0 Å². The Kier molecular flexibility index (Phi) is 5.70. The number of aromatic hydroxyl groups is 1. The molecular formula is C8H14NO7P. The molecule has 1 aromatic heterocycles. The lowest BCUT2D eigenvalue weighted by atomic mass is 10.1. The van der Waals surface area contributed by atoms with Gasteiger partial charge in [-0.15, -0.1) is 0 Å². The summed E-state index contributed by atoms with van der Waals surface area (Å²) < 4.78 is 14.7. The molecule has 17 heavy (non-hydrogen) atoms. The SMILES string of the molecule is Cc1ncc(COP(=O)(O)O)c(CO)c1O.O. The average Bonchev–Trinajstić information content (AvgIpc) is 2.18. The molecule has 0 fully saturated rings. The number of aryl methyl sites for hydroxylation is 1. The lowest BCUT2D eigenvalue weighted by molar-refractivity contribution is 0.186. The second kappa shape index (κ2) is 6.06. The fourth-order valence-electron chi connectivity index (χ4n) is 1.14. The lowest BCUT2D eigenvalue weighted by Gasteiger charge is -2.11. The molecule has 0 aliphatic heterocycles. The fraction of sp³-hybridized carbons (Fsp3) is 0.375. The molecule has 0 radical (unpaired) electrons. The van der Waals surface area contributed by atoms with Crippen LogP contribution in [0.25, 0.3) is 0 Å². The van der Waals surface area contributed by atoms with Crippen molar-refractivity contribution in [2.24, 2.45) is 0 Å². The van der Waals surface area contributed by atoms with Crippen molar-refractivity contribution in [1.82, 2.24) is 4.98 Å². The summed E-state index contributed by atoms with van der Waals surface area (Å²) in [5.74, 6) is -0.200. The molecule has 1 aromatic rings. The number of phosphoric ester groups is 1. The van der Waals surface area contributed by atoms with Crippen LogP contribution in [0.15, 0.2) is 6.20 Å². The van der Waals surface area contributed by atoms with Gasteiger partial charge in [-0.1, -0.05) is 0 Å². The van der Waals surface area contributed by atoms with Gasteiger partial charge >= 0.3 is 7.82 Å². The van der Waals surface area contributed by atoms with Crippen LogP contribution in [0.5, 0.6) is 5.75 Å². The molecule has 8 nitrogen and oxygen atoms in total. The van der Waals surface area contributed by atoms with Gasteiger partial charge in [-0.05, 0) is 6.92 Å². The summed E-state index contributed by atoms with van der Waals surface area (Å²) in [5, 5.41) is 18.6.